The molecular formula is C12H16N2S2. The number of H-pyrrole nitrogens is 1. The fourth-order valence-electron chi connectivity index (χ4n) is 1.34. The van der Waals surface area contributed by atoms with E-state index in [9.17, 15) is 0 Å². The summed E-state index contributed by atoms with van der Waals surface area (Å²) in [4.78, 5) is 7.89. The number of nitrogens with zero attached hydrogens (tertiary/aromatic N) is 1. The normalized spacial score (nSPS) is 13.2. The summed E-state index contributed by atoms with van der Waals surface area (Å²) >= 11 is 0. The Hall–Kier alpha value is -0.610. The molecule has 0 bridgehead atoms. The molecule has 0 saturated carbocycles. The Morgan fingerprint density at radius 3 is 3.00 bits per heavy atom. The Labute approximate surface area is 104 Å². The zero-order chi connectivity index (χ0) is 11.5. The van der Waals surface area contributed by atoms with Gasteiger partial charge in [-0.2, -0.15) is 0 Å². The Kier molecular flexibility index (Phi) is 3.82. The van der Waals surface area contributed by atoms with Gasteiger partial charge in [0.2, 0.25) is 0 Å². The van der Waals surface area contributed by atoms with Crippen molar-refractivity contribution in [3.8, 4) is 0 Å². The summed E-state index contributed by atoms with van der Waals surface area (Å²) in [7, 11) is 3.61. The highest BCUT2D eigenvalue weighted by Gasteiger charge is 2.06. The second kappa shape index (κ2) is 5.15. The number of benzene rings is 1. The van der Waals surface area contributed by atoms with E-state index in [1.165, 1.54) is 12.0 Å². The first-order chi connectivity index (χ1) is 7.69. The first kappa shape index (κ1) is 11.9. The van der Waals surface area contributed by atoms with Crippen LogP contribution < -0.4 is 0 Å². The SMILES string of the molecule is CCC(C)SSc1nc2ccc(C)cc2[nH]1. The Morgan fingerprint density at radius 2 is 2.25 bits per heavy atom. The molecule has 0 spiro atoms. The van der Waals surface area contributed by atoms with Gasteiger partial charge in [0.15, 0.2) is 5.16 Å². The average Bonchev–Trinajstić information content (AvgIpc) is 2.67. The van der Waals surface area contributed by atoms with Crippen molar-refractivity contribution in [3.63, 3.8) is 0 Å². The number of nitrogens with one attached hydrogen (secondary N) is 1. The number of fused-ring (bicyclic) bond motifs is 1. The molecule has 2 rings (SSSR count). The molecule has 1 unspecified atom stereocenters. The lowest BCUT2D eigenvalue weighted by Crippen LogP contribution is -1.88. The van der Waals surface area contributed by atoms with Crippen LogP contribution in [0.5, 0.6) is 0 Å². The minimum absolute atomic E-state index is 0.667. The number of rotatable bonds is 4. The van der Waals surface area contributed by atoms with E-state index >= 15 is 0 Å². The van der Waals surface area contributed by atoms with Crippen LogP contribution >= 0.6 is 21.6 Å². The van der Waals surface area contributed by atoms with Crippen LogP contribution in [0.4, 0.5) is 0 Å². The van der Waals surface area contributed by atoms with Gasteiger partial charge in [-0.25, -0.2) is 4.98 Å². The van der Waals surface area contributed by atoms with Gasteiger partial charge in [-0.05, 0) is 41.8 Å². The molecule has 0 amide bonds. The predicted molar refractivity (Wildman–Crippen MR) is 74.0 cm³/mol. The molecule has 86 valence electrons. The van der Waals surface area contributed by atoms with Crippen LogP contribution in [0.2, 0.25) is 0 Å². The largest absolute Gasteiger partial charge is 0.332 e. The summed E-state index contributed by atoms with van der Waals surface area (Å²) in [5, 5.41) is 1.67. The number of aryl methyl sites for hydroxylation is 1. The maximum atomic E-state index is 4.55. The van der Waals surface area contributed by atoms with E-state index in [2.05, 4.69) is 48.9 Å². The second-order valence-corrected chi connectivity index (χ2v) is 6.59. The Morgan fingerprint density at radius 1 is 1.44 bits per heavy atom. The molecular weight excluding hydrogens is 236 g/mol. The van der Waals surface area contributed by atoms with E-state index in [0.717, 1.165) is 16.2 Å². The first-order valence-electron chi connectivity index (χ1n) is 5.48. The van der Waals surface area contributed by atoms with Crippen LogP contribution in [0.1, 0.15) is 25.8 Å². The zero-order valence-corrected chi connectivity index (χ0v) is 11.4. The molecule has 1 heterocycles. The minimum atomic E-state index is 0.667. The molecule has 0 aliphatic carbocycles. The third kappa shape index (κ3) is 2.74. The minimum Gasteiger partial charge on any atom is -0.332 e. The molecule has 4 heteroatoms. The number of aromatic nitrogens is 2. The van der Waals surface area contributed by atoms with Gasteiger partial charge >= 0.3 is 0 Å². The van der Waals surface area contributed by atoms with E-state index in [4.69, 9.17) is 0 Å². The maximum absolute atomic E-state index is 4.55. The number of aromatic amines is 1. The average molecular weight is 252 g/mol. The first-order valence-corrected chi connectivity index (χ1v) is 7.70. The third-order valence-corrected chi connectivity index (χ3v) is 5.34. The lowest BCUT2D eigenvalue weighted by atomic mass is 10.2. The van der Waals surface area contributed by atoms with E-state index in [0.29, 0.717) is 5.25 Å². The molecule has 1 aromatic heterocycles. The van der Waals surface area contributed by atoms with Crippen LogP contribution in [-0.2, 0) is 0 Å². The topological polar surface area (TPSA) is 28.7 Å². The van der Waals surface area contributed by atoms with E-state index in [1.54, 1.807) is 10.8 Å². The van der Waals surface area contributed by atoms with Crippen LogP contribution in [-0.4, -0.2) is 15.2 Å². The molecule has 0 aliphatic rings. The molecule has 1 N–H and O–H groups in total. The van der Waals surface area contributed by atoms with Crippen molar-refractivity contribution < 1.29 is 0 Å². The summed E-state index contributed by atoms with van der Waals surface area (Å²) in [5.41, 5.74) is 3.45. The monoisotopic (exact) mass is 252 g/mol. The molecule has 16 heavy (non-hydrogen) atoms. The van der Waals surface area contributed by atoms with Crippen molar-refractivity contribution in [1.82, 2.24) is 9.97 Å². The molecule has 1 aromatic carbocycles. The molecule has 0 aliphatic heterocycles. The molecule has 2 aromatic rings. The fourth-order valence-corrected chi connectivity index (χ4v) is 3.43. The highest BCUT2D eigenvalue weighted by Crippen LogP contribution is 2.34. The van der Waals surface area contributed by atoms with Gasteiger partial charge < -0.3 is 4.98 Å². The van der Waals surface area contributed by atoms with Gasteiger partial charge in [0.25, 0.3) is 0 Å². The molecule has 0 fully saturated rings. The molecule has 0 radical (unpaired) electrons. The van der Waals surface area contributed by atoms with Crippen LogP contribution in [0, 0.1) is 6.92 Å². The van der Waals surface area contributed by atoms with Gasteiger partial charge in [0.05, 0.1) is 11.0 Å². The maximum Gasteiger partial charge on any atom is 0.177 e. The number of imidazole rings is 1. The van der Waals surface area contributed by atoms with Crippen molar-refractivity contribution in [2.24, 2.45) is 0 Å². The van der Waals surface area contributed by atoms with Gasteiger partial charge in [-0.1, -0.05) is 30.7 Å². The van der Waals surface area contributed by atoms with Crippen molar-refractivity contribution >= 4 is 32.6 Å². The van der Waals surface area contributed by atoms with Crippen molar-refractivity contribution in [1.29, 1.82) is 0 Å². The van der Waals surface area contributed by atoms with Crippen LogP contribution in [0.15, 0.2) is 23.4 Å². The molecule has 0 saturated heterocycles. The van der Waals surface area contributed by atoms with Gasteiger partial charge in [0.1, 0.15) is 0 Å². The van der Waals surface area contributed by atoms with Gasteiger partial charge in [-0.3, -0.25) is 0 Å². The lowest BCUT2D eigenvalue weighted by Gasteiger charge is -2.03. The fraction of sp³-hybridized carbons (Fsp3) is 0.417. The lowest BCUT2D eigenvalue weighted by molar-refractivity contribution is 0.912. The van der Waals surface area contributed by atoms with E-state index < -0.39 is 0 Å². The summed E-state index contributed by atoms with van der Waals surface area (Å²) in [6.45, 7) is 6.55. The zero-order valence-electron chi connectivity index (χ0n) is 9.78. The highest BCUT2D eigenvalue weighted by molar-refractivity contribution is 8.76. The molecule has 2 nitrogen and oxygen atoms in total. The van der Waals surface area contributed by atoms with Crippen LogP contribution in [0.3, 0.4) is 0 Å². The van der Waals surface area contributed by atoms with E-state index in [1.807, 2.05) is 10.8 Å². The smallest absolute Gasteiger partial charge is 0.177 e. The second-order valence-electron chi connectivity index (χ2n) is 3.96. The van der Waals surface area contributed by atoms with Crippen molar-refractivity contribution in [2.45, 2.75) is 37.6 Å². The summed E-state index contributed by atoms with van der Waals surface area (Å²) in [5.74, 6) is 0. The third-order valence-electron chi connectivity index (χ3n) is 2.48. The van der Waals surface area contributed by atoms with Gasteiger partial charge in [-0.15, -0.1) is 0 Å². The predicted octanol–water partition coefficient (Wildman–Crippen LogP) is 4.41. The standard InChI is InChI=1S/C12H16N2S2/c1-4-9(3)15-16-12-13-10-6-5-8(2)7-11(10)14-12/h5-7,9H,4H2,1-3H3,(H,13,14). The summed E-state index contributed by atoms with van der Waals surface area (Å²) < 4.78 is 0. The van der Waals surface area contributed by atoms with Gasteiger partial charge in [0, 0.05) is 5.25 Å². The Bertz CT molecular complexity index is 479. The quantitative estimate of drug-likeness (QED) is 0.817. The molecule has 1 atom stereocenters. The highest BCUT2D eigenvalue weighted by atomic mass is 33.1. The van der Waals surface area contributed by atoms with Crippen LogP contribution in [0.25, 0.3) is 11.0 Å². The summed E-state index contributed by atoms with van der Waals surface area (Å²) in [6, 6.07) is 6.30. The van der Waals surface area contributed by atoms with Crippen molar-refractivity contribution in [3.05, 3.63) is 23.8 Å². The summed E-state index contributed by atoms with van der Waals surface area (Å²) in [6.07, 6.45) is 1.19. The van der Waals surface area contributed by atoms with E-state index in [-0.39, 0.29) is 0 Å². The number of hydrogen-bond donors (Lipinski definition) is 1. The Balaban J connectivity index is 2.13. The van der Waals surface area contributed by atoms with Crippen molar-refractivity contribution in [2.75, 3.05) is 0 Å². The number of hydrogen-bond acceptors (Lipinski definition) is 3.